The number of likely N-dealkylation sites (tertiary alicyclic amines) is 1. The lowest BCUT2D eigenvalue weighted by molar-refractivity contribution is -0.0505. The number of hydrogen-bond acceptors (Lipinski definition) is 5. The fraction of sp³-hybridized carbons (Fsp3) is 0.667. The fourth-order valence-corrected chi connectivity index (χ4v) is 3.66. The van der Waals surface area contributed by atoms with E-state index in [1.807, 2.05) is 0 Å². The zero-order valence-electron chi connectivity index (χ0n) is 17.8. The number of unbranched alkanes of at least 4 members (excludes halogenated alkanes) is 1. The number of fused-ring (bicyclic) bond motifs is 1. The molecule has 3 rings (SSSR count). The maximum Gasteiger partial charge on any atom is 0.387 e. The monoisotopic (exact) mass is 426 g/mol. The number of hydrogen-bond donors (Lipinski definition) is 2. The van der Waals surface area contributed by atoms with Crippen LogP contribution in [0.1, 0.15) is 38.2 Å². The van der Waals surface area contributed by atoms with Gasteiger partial charge < -0.3 is 29.7 Å². The Balaban J connectivity index is 1.42. The minimum atomic E-state index is -2.91. The van der Waals surface area contributed by atoms with E-state index in [0.717, 1.165) is 31.8 Å². The van der Waals surface area contributed by atoms with Crippen molar-refractivity contribution in [3.05, 3.63) is 17.7 Å². The zero-order chi connectivity index (χ0) is 21.3. The number of halogens is 2. The molecule has 0 bridgehead atoms. The van der Waals surface area contributed by atoms with Crippen molar-refractivity contribution in [3.63, 3.8) is 0 Å². The lowest BCUT2D eigenvalue weighted by Gasteiger charge is -2.30. The molecule has 168 valence electrons. The van der Waals surface area contributed by atoms with E-state index in [2.05, 4.69) is 32.2 Å². The summed E-state index contributed by atoms with van der Waals surface area (Å²) in [7, 11) is 1.68. The van der Waals surface area contributed by atoms with Crippen molar-refractivity contribution in [3.8, 4) is 17.2 Å². The van der Waals surface area contributed by atoms with Gasteiger partial charge in [-0.1, -0.05) is 6.92 Å². The third-order valence-electron chi connectivity index (χ3n) is 5.51. The predicted octanol–water partition coefficient (Wildman–Crippen LogP) is 3.19. The lowest BCUT2D eigenvalue weighted by atomic mass is 9.99. The normalized spacial score (nSPS) is 17.4. The molecule has 0 atom stereocenters. The summed E-state index contributed by atoms with van der Waals surface area (Å²) < 4.78 is 40.7. The molecule has 0 radical (unpaired) electrons. The van der Waals surface area contributed by atoms with Gasteiger partial charge in [-0.05, 0) is 57.3 Å². The third-order valence-corrected chi connectivity index (χ3v) is 5.51. The van der Waals surface area contributed by atoms with Crippen LogP contribution in [-0.2, 0) is 6.54 Å². The smallest absolute Gasteiger partial charge is 0.387 e. The van der Waals surface area contributed by atoms with Gasteiger partial charge in [-0.25, -0.2) is 0 Å². The Bertz CT molecular complexity index is 710. The summed E-state index contributed by atoms with van der Waals surface area (Å²) in [6.45, 7) is 4.09. The van der Waals surface area contributed by atoms with Crippen molar-refractivity contribution >= 4 is 5.96 Å². The maximum atomic E-state index is 12.8. The number of rotatable bonds is 9. The van der Waals surface area contributed by atoms with Crippen molar-refractivity contribution < 1.29 is 23.0 Å². The van der Waals surface area contributed by atoms with Crippen LogP contribution < -0.4 is 24.8 Å². The van der Waals surface area contributed by atoms with Crippen LogP contribution in [0.5, 0.6) is 17.2 Å². The third kappa shape index (κ3) is 6.62. The van der Waals surface area contributed by atoms with E-state index >= 15 is 0 Å². The SMILES string of the molecule is CN=C(NCCCCN1CCC(C)CC1)NCc1cc2c(cc1OC(F)F)OCO2. The summed E-state index contributed by atoms with van der Waals surface area (Å²) >= 11 is 0. The maximum absolute atomic E-state index is 12.8. The van der Waals surface area contributed by atoms with Gasteiger partial charge in [0.15, 0.2) is 17.5 Å². The van der Waals surface area contributed by atoms with Crippen LogP contribution >= 0.6 is 0 Å². The van der Waals surface area contributed by atoms with E-state index in [0.29, 0.717) is 23.0 Å². The van der Waals surface area contributed by atoms with E-state index in [4.69, 9.17) is 9.47 Å². The molecule has 2 heterocycles. The van der Waals surface area contributed by atoms with Crippen molar-refractivity contribution in [2.24, 2.45) is 10.9 Å². The van der Waals surface area contributed by atoms with Crippen molar-refractivity contribution in [1.82, 2.24) is 15.5 Å². The van der Waals surface area contributed by atoms with Crippen LogP contribution in [0.25, 0.3) is 0 Å². The number of aliphatic imine (C=N–C) groups is 1. The number of nitrogens with zero attached hydrogens (tertiary/aromatic N) is 2. The second-order valence-corrected chi connectivity index (χ2v) is 7.78. The van der Waals surface area contributed by atoms with Gasteiger partial charge in [0.25, 0.3) is 0 Å². The molecule has 0 spiro atoms. The van der Waals surface area contributed by atoms with Gasteiger partial charge in [0.05, 0.1) is 0 Å². The highest BCUT2D eigenvalue weighted by atomic mass is 19.3. The highest BCUT2D eigenvalue weighted by molar-refractivity contribution is 5.79. The first-order valence-corrected chi connectivity index (χ1v) is 10.6. The van der Waals surface area contributed by atoms with Crippen LogP contribution in [0.3, 0.4) is 0 Å². The summed E-state index contributed by atoms with van der Waals surface area (Å²) in [6, 6.07) is 3.09. The average Bonchev–Trinajstić information content (AvgIpc) is 3.18. The van der Waals surface area contributed by atoms with E-state index in [1.54, 1.807) is 13.1 Å². The molecule has 2 aliphatic heterocycles. The zero-order valence-corrected chi connectivity index (χ0v) is 17.8. The number of nitrogens with one attached hydrogen (secondary N) is 2. The quantitative estimate of drug-likeness (QED) is 0.359. The summed E-state index contributed by atoms with van der Waals surface area (Å²) in [5.74, 6) is 2.45. The van der Waals surface area contributed by atoms with Gasteiger partial charge in [0, 0.05) is 31.8 Å². The average molecular weight is 427 g/mol. The first-order chi connectivity index (χ1) is 14.5. The van der Waals surface area contributed by atoms with Crippen LogP contribution in [0.4, 0.5) is 8.78 Å². The number of alkyl halides is 2. The van der Waals surface area contributed by atoms with E-state index in [9.17, 15) is 8.78 Å². The number of ether oxygens (including phenoxy) is 3. The Labute approximate surface area is 176 Å². The van der Waals surface area contributed by atoms with Crippen molar-refractivity contribution in [2.75, 3.05) is 40.0 Å². The van der Waals surface area contributed by atoms with Crippen LogP contribution in [0, 0.1) is 5.92 Å². The standard InChI is InChI=1S/C21H32F2N4O3/c1-15-5-9-27(10-6-15)8-4-3-7-25-21(24-2)26-13-16-11-18-19(29-14-28-18)12-17(16)30-20(22)23/h11-12,15,20H,3-10,13-14H2,1-2H3,(H2,24,25,26). The van der Waals surface area contributed by atoms with Gasteiger partial charge in [-0.2, -0.15) is 8.78 Å². The van der Waals surface area contributed by atoms with Gasteiger partial charge in [0.1, 0.15) is 5.75 Å². The van der Waals surface area contributed by atoms with Crippen molar-refractivity contribution in [2.45, 2.75) is 45.8 Å². The first-order valence-electron chi connectivity index (χ1n) is 10.6. The van der Waals surface area contributed by atoms with Gasteiger partial charge in [-0.15, -0.1) is 0 Å². The van der Waals surface area contributed by atoms with E-state index in [1.165, 1.54) is 32.0 Å². The molecular weight excluding hydrogens is 394 g/mol. The van der Waals surface area contributed by atoms with E-state index < -0.39 is 6.61 Å². The Morgan fingerprint density at radius 3 is 2.63 bits per heavy atom. The minimum Gasteiger partial charge on any atom is -0.454 e. The largest absolute Gasteiger partial charge is 0.454 e. The Morgan fingerprint density at radius 2 is 1.93 bits per heavy atom. The van der Waals surface area contributed by atoms with Crippen molar-refractivity contribution in [1.29, 1.82) is 0 Å². The molecule has 0 aliphatic carbocycles. The molecule has 1 saturated heterocycles. The highest BCUT2D eigenvalue weighted by Crippen LogP contribution is 2.38. The molecule has 30 heavy (non-hydrogen) atoms. The molecular formula is C21H32F2N4O3. The number of benzene rings is 1. The van der Waals surface area contributed by atoms with Crippen LogP contribution in [0.15, 0.2) is 17.1 Å². The Morgan fingerprint density at radius 1 is 1.20 bits per heavy atom. The Kier molecular flexibility index (Phi) is 8.36. The predicted molar refractivity (Wildman–Crippen MR) is 111 cm³/mol. The summed E-state index contributed by atoms with van der Waals surface area (Å²) in [5.41, 5.74) is 0.543. The highest BCUT2D eigenvalue weighted by Gasteiger charge is 2.20. The molecule has 1 aromatic carbocycles. The number of piperidine rings is 1. The van der Waals surface area contributed by atoms with E-state index in [-0.39, 0.29) is 19.1 Å². The summed E-state index contributed by atoms with van der Waals surface area (Å²) in [4.78, 5) is 6.74. The van der Waals surface area contributed by atoms with Gasteiger partial charge >= 0.3 is 6.61 Å². The van der Waals surface area contributed by atoms with Crippen LogP contribution in [0.2, 0.25) is 0 Å². The Hall–Kier alpha value is -2.29. The minimum absolute atomic E-state index is 0.0630. The molecule has 0 saturated carbocycles. The van der Waals surface area contributed by atoms with Crippen LogP contribution in [-0.4, -0.2) is 57.5 Å². The lowest BCUT2D eigenvalue weighted by Crippen LogP contribution is -2.38. The molecule has 1 aromatic rings. The molecule has 1 fully saturated rings. The number of guanidine groups is 1. The summed E-state index contributed by atoms with van der Waals surface area (Å²) in [6.07, 6.45) is 4.77. The molecule has 0 aromatic heterocycles. The topological polar surface area (TPSA) is 67.4 Å². The fourth-order valence-electron chi connectivity index (χ4n) is 3.66. The molecule has 0 unspecified atom stereocenters. The van der Waals surface area contributed by atoms with Gasteiger partial charge in [-0.3, -0.25) is 4.99 Å². The second kappa shape index (κ2) is 11.2. The molecule has 9 heteroatoms. The molecule has 7 nitrogen and oxygen atoms in total. The van der Waals surface area contributed by atoms with Gasteiger partial charge in [0.2, 0.25) is 6.79 Å². The molecule has 0 amide bonds. The summed E-state index contributed by atoms with van der Waals surface area (Å²) in [5, 5.41) is 6.42. The molecule has 2 N–H and O–H groups in total. The molecule has 2 aliphatic rings. The first kappa shape index (κ1) is 22.4. The second-order valence-electron chi connectivity index (χ2n) is 7.78.